The molecule has 2 atom stereocenters. The zero-order valence-corrected chi connectivity index (χ0v) is 9.43. The zero-order valence-electron chi connectivity index (χ0n) is 9.43. The van der Waals surface area contributed by atoms with Crippen LogP contribution in [0.15, 0.2) is 18.2 Å². The van der Waals surface area contributed by atoms with Crippen molar-refractivity contribution in [2.45, 2.75) is 24.9 Å². The molecule has 0 aliphatic carbocycles. The summed E-state index contributed by atoms with van der Waals surface area (Å²) in [5.41, 5.74) is 13.4. The van der Waals surface area contributed by atoms with Crippen LogP contribution in [-0.4, -0.2) is 23.7 Å². The quantitative estimate of drug-likeness (QED) is 0.703. The minimum absolute atomic E-state index is 0.231. The van der Waals surface area contributed by atoms with E-state index in [1.165, 1.54) is 0 Å². The molecule has 1 heterocycles. The predicted octanol–water partition coefficient (Wildman–Crippen LogP) is 0.423. The van der Waals surface area contributed by atoms with Crippen molar-refractivity contribution in [3.05, 3.63) is 29.3 Å². The van der Waals surface area contributed by atoms with Crippen molar-refractivity contribution in [1.29, 1.82) is 0 Å². The molecule has 0 amide bonds. The lowest BCUT2D eigenvalue weighted by Gasteiger charge is -2.15. The average Bonchev–Trinajstić information content (AvgIpc) is 2.75. The maximum absolute atomic E-state index is 10.7. The van der Waals surface area contributed by atoms with E-state index in [0.717, 1.165) is 23.3 Å². The van der Waals surface area contributed by atoms with Gasteiger partial charge < -0.3 is 21.3 Å². The highest BCUT2D eigenvalue weighted by Gasteiger charge is 2.19. The Bertz CT molecular complexity index is 434. The first-order chi connectivity index (χ1) is 8.08. The van der Waals surface area contributed by atoms with E-state index in [4.69, 9.17) is 21.3 Å². The summed E-state index contributed by atoms with van der Waals surface area (Å²) >= 11 is 0. The van der Waals surface area contributed by atoms with Crippen molar-refractivity contribution in [2.75, 3.05) is 6.61 Å². The van der Waals surface area contributed by atoms with Crippen LogP contribution in [0.25, 0.3) is 0 Å². The first-order valence-electron chi connectivity index (χ1n) is 5.57. The van der Waals surface area contributed by atoms with Gasteiger partial charge in [-0.2, -0.15) is 0 Å². The number of carboxylic acid groups (broad SMARTS) is 1. The van der Waals surface area contributed by atoms with Gasteiger partial charge in [-0.3, -0.25) is 4.79 Å². The number of ether oxygens (including phenoxy) is 1. The van der Waals surface area contributed by atoms with E-state index >= 15 is 0 Å². The molecule has 1 aromatic rings. The van der Waals surface area contributed by atoms with Gasteiger partial charge in [-0.1, -0.05) is 12.1 Å². The first-order valence-corrected chi connectivity index (χ1v) is 5.57. The Kier molecular flexibility index (Phi) is 3.31. The third kappa shape index (κ3) is 2.57. The Morgan fingerprint density at radius 3 is 2.94 bits per heavy atom. The van der Waals surface area contributed by atoms with Crippen molar-refractivity contribution < 1.29 is 14.6 Å². The molecule has 0 spiro atoms. The van der Waals surface area contributed by atoms with E-state index in [1.807, 2.05) is 18.2 Å². The van der Waals surface area contributed by atoms with Crippen LogP contribution in [0.3, 0.4) is 0 Å². The lowest BCUT2D eigenvalue weighted by atomic mass is 9.98. The molecule has 0 saturated heterocycles. The van der Waals surface area contributed by atoms with Gasteiger partial charge in [-0.05, 0) is 23.6 Å². The number of nitrogens with two attached hydrogens (primary N) is 2. The largest absolute Gasteiger partial charge is 0.493 e. The van der Waals surface area contributed by atoms with Gasteiger partial charge in [0.05, 0.1) is 6.61 Å². The van der Waals surface area contributed by atoms with Gasteiger partial charge in [0.1, 0.15) is 11.8 Å². The molecular weight excluding hydrogens is 220 g/mol. The molecular formula is C12H16N2O3. The van der Waals surface area contributed by atoms with Crippen molar-refractivity contribution in [2.24, 2.45) is 11.5 Å². The van der Waals surface area contributed by atoms with Gasteiger partial charge in [0.25, 0.3) is 0 Å². The third-order valence-electron chi connectivity index (χ3n) is 2.97. The Morgan fingerprint density at radius 2 is 2.24 bits per heavy atom. The summed E-state index contributed by atoms with van der Waals surface area (Å²) in [6.45, 7) is 0.697. The molecule has 2 unspecified atom stereocenters. The second kappa shape index (κ2) is 4.73. The highest BCUT2D eigenvalue weighted by Crippen LogP contribution is 2.28. The van der Waals surface area contributed by atoms with E-state index in [-0.39, 0.29) is 12.5 Å². The molecule has 0 bridgehead atoms. The Balaban J connectivity index is 2.09. The molecule has 1 aromatic carbocycles. The van der Waals surface area contributed by atoms with Crippen LogP contribution in [0.4, 0.5) is 0 Å². The van der Waals surface area contributed by atoms with E-state index in [2.05, 4.69) is 0 Å². The van der Waals surface area contributed by atoms with Gasteiger partial charge in [0.15, 0.2) is 0 Å². The van der Waals surface area contributed by atoms with E-state index in [9.17, 15) is 4.79 Å². The SMILES string of the molecule is NC(CC(N)c1ccc2c(c1)CCO2)C(=O)O. The van der Waals surface area contributed by atoms with Crippen LogP contribution in [0.2, 0.25) is 0 Å². The van der Waals surface area contributed by atoms with Gasteiger partial charge in [0, 0.05) is 12.5 Å². The maximum Gasteiger partial charge on any atom is 0.320 e. The summed E-state index contributed by atoms with van der Waals surface area (Å²) in [6, 6.07) is 4.44. The van der Waals surface area contributed by atoms with E-state index < -0.39 is 12.0 Å². The number of rotatable bonds is 4. The molecule has 92 valence electrons. The molecule has 0 aromatic heterocycles. The van der Waals surface area contributed by atoms with Crippen LogP contribution < -0.4 is 16.2 Å². The van der Waals surface area contributed by atoms with E-state index in [0.29, 0.717) is 6.61 Å². The number of carboxylic acids is 1. The lowest BCUT2D eigenvalue weighted by Crippen LogP contribution is -2.33. The summed E-state index contributed by atoms with van der Waals surface area (Å²) in [6.07, 6.45) is 1.11. The number of benzene rings is 1. The number of aliphatic carboxylic acids is 1. The van der Waals surface area contributed by atoms with Gasteiger partial charge in [-0.15, -0.1) is 0 Å². The summed E-state index contributed by atoms with van der Waals surface area (Å²) in [5.74, 6) is -0.131. The smallest absolute Gasteiger partial charge is 0.320 e. The molecule has 5 N–H and O–H groups in total. The first kappa shape index (κ1) is 11.9. The molecule has 2 rings (SSSR count). The molecule has 0 saturated carbocycles. The van der Waals surface area contributed by atoms with Crippen molar-refractivity contribution in [3.8, 4) is 5.75 Å². The van der Waals surface area contributed by atoms with Crippen molar-refractivity contribution in [1.82, 2.24) is 0 Å². The predicted molar refractivity (Wildman–Crippen MR) is 62.8 cm³/mol. The topological polar surface area (TPSA) is 98.6 Å². The van der Waals surface area contributed by atoms with Gasteiger partial charge in [-0.25, -0.2) is 0 Å². The van der Waals surface area contributed by atoms with Crippen LogP contribution in [-0.2, 0) is 11.2 Å². The van der Waals surface area contributed by atoms with Crippen LogP contribution in [0, 0.1) is 0 Å². The normalized spacial score (nSPS) is 17.1. The number of hydrogen-bond acceptors (Lipinski definition) is 4. The Labute approximate surface area is 99.4 Å². The van der Waals surface area contributed by atoms with Crippen molar-refractivity contribution in [3.63, 3.8) is 0 Å². The average molecular weight is 236 g/mol. The number of carbonyl (C=O) groups is 1. The second-order valence-electron chi connectivity index (χ2n) is 4.25. The summed E-state index contributed by atoms with van der Waals surface area (Å²) in [4.78, 5) is 10.7. The fraction of sp³-hybridized carbons (Fsp3) is 0.417. The monoisotopic (exact) mass is 236 g/mol. The maximum atomic E-state index is 10.7. The number of fused-ring (bicyclic) bond motifs is 1. The van der Waals surface area contributed by atoms with Crippen LogP contribution >= 0.6 is 0 Å². The summed E-state index contributed by atoms with van der Waals surface area (Å²) in [5, 5.41) is 8.73. The van der Waals surface area contributed by atoms with Crippen LogP contribution in [0.5, 0.6) is 5.75 Å². The molecule has 5 nitrogen and oxygen atoms in total. The molecule has 1 aliphatic rings. The van der Waals surface area contributed by atoms with Crippen LogP contribution in [0.1, 0.15) is 23.6 Å². The highest BCUT2D eigenvalue weighted by atomic mass is 16.5. The Hall–Kier alpha value is -1.59. The van der Waals surface area contributed by atoms with Crippen molar-refractivity contribution >= 4 is 5.97 Å². The molecule has 5 heteroatoms. The van der Waals surface area contributed by atoms with E-state index in [1.54, 1.807) is 0 Å². The Morgan fingerprint density at radius 1 is 1.47 bits per heavy atom. The standard InChI is InChI=1S/C12H16N2O3/c13-9(6-10(14)12(15)16)7-1-2-11-8(5-7)3-4-17-11/h1-2,5,9-10H,3-4,6,13-14H2,(H,15,16). The molecule has 17 heavy (non-hydrogen) atoms. The lowest BCUT2D eigenvalue weighted by molar-refractivity contribution is -0.138. The zero-order chi connectivity index (χ0) is 12.4. The minimum Gasteiger partial charge on any atom is -0.493 e. The second-order valence-corrected chi connectivity index (χ2v) is 4.25. The van der Waals surface area contributed by atoms with Gasteiger partial charge >= 0.3 is 5.97 Å². The highest BCUT2D eigenvalue weighted by molar-refractivity contribution is 5.73. The van der Waals surface area contributed by atoms with Gasteiger partial charge in [0.2, 0.25) is 0 Å². The summed E-state index contributed by atoms with van der Waals surface area (Å²) in [7, 11) is 0. The minimum atomic E-state index is -1.02. The molecule has 1 aliphatic heterocycles. The summed E-state index contributed by atoms with van der Waals surface area (Å²) < 4.78 is 5.39. The molecule has 0 fully saturated rings. The third-order valence-corrected chi connectivity index (χ3v) is 2.97. The fourth-order valence-corrected chi connectivity index (χ4v) is 1.95. The molecule has 0 radical (unpaired) electrons. The fourth-order valence-electron chi connectivity index (χ4n) is 1.95. The number of hydrogen-bond donors (Lipinski definition) is 3.